The molecule has 1 unspecified atom stereocenters. The first-order valence-corrected chi connectivity index (χ1v) is 6.42. The van der Waals surface area contributed by atoms with Gasteiger partial charge in [-0.2, -0.15) is 0 Å². The van der Waals surface area contributed by atoms with Gasteiger partial charge in [0.05, 0.1) is 11.1 Å². The molecule has 0 aliphatic carbocycles. The predicted octanol–water partition coefficient (Wildman–Crippen LogP) is 3.25. The largest absolute Gasteiger partial charge is 0.506 e. The summed E-state index contributed by atoms with van der Waals surface area (Å²) in [7, 11) is 0. The molecule has 3 N–H and O–H groups in total. The van der Waals surface area contributed by atoms with Gasteiger partial charge in [-0.1, -0.05) is 18.5 Å². The number of phenols is 1. The molecule has 1 amide bonds. The highest BCUT2D eigenvalue weighted by Crippen LogP contribution is 2.24. The standard InChI is InChI=1S/C14H15ClN2O2/c1-2-11(12-4-3-7-16-12)17-14(19)9-5-6-13(18)10(15)8-9/h3-8,11,16,18H,2H2,1H3,(H,17,19). The molecule has 1 atom stereocenters. The number of amides is 1. The average molecular weight is 279 g/mol. The quantitative estimate of drug-likeness (QED) is 0.804. The highest BCUT2D eigenvalue weighted by atomic mass is 35.5. The van der Waals surface area contributed by atoms with Crippen LogP contribution in [0.2, 0.25) is 5.02 Å². The zero-order valence-electron chi connectivity index (χ0n) is 10.5. The summed E-state index contributed by atoms with van der Waals surface area (Å²) in [5.74, 6) is -0.252. The summed E-state index contributed by atoms with van der Waals surface area (Å²) >= 11 is 5.79. The number of aromatic amines is 1. The molecule has 0 saturated heterocycles. The lowest BCUT2D eigenvalue weighted by molar-refractivity contribution is 0.0935. The molecule has 5 heteroatoms. The maximum absolute atomic E-state index is 12.1. The zero-order chi connectivity index (χ0) is 13.8. The van der Waals surface area contributed by atoms with E-state index in [4.69, 9.17) is 11.6 Å². The summed E-state index contributed by atoms with van der Waals surface area (Å²) in [6.07, 6.45) is 2.60. The van der Waals surface area contributed by atoms with Crippen molar-refractivity contribution in [3.05, 3.63) is 52.8 Å². The SMILES string of the molecule is CCC(NC(=O)c1ccc(O)c(Cl)c1)c1ccc[nH]1. The second-order valence-corrected chi connectivity index (χ2v) is 4.63. The second-order valence-electron chi connectivity index (χ2n) is 4.23. The summed E-state index contributed by atoms with van der Waals surface area (Å²) < 4.78 is 0. The van der Waals surface area contributed by atoms with Crippen LogP contribution in [0, 0.1) is 0 Å². The molecule has 0 aliphatic heterocycles. The second kappa shape index (κ2) is 5.80. The van der Waals surface area contributed by atoms with E-state index in [1.165, 1.54) is 18.2 Å². The van der Waals surface area contributed by atoms with Crippen molar-refractivity contribution >= 4 is 17.5 Å². The highest BCUT2D eigenvalue weighted by molar-refractivity contribution is 6.32. The summed E-state index contributed by atoms with van der Waals surface area (Å²) in [5.41, 5.74) is 1.38. The Morgan fingerprint density at radius 1 is 1.47 bits per heavy atom. The maximum Gasteiger partial charge on any atom is 0.251 e. The molecule has 0 fully saturated rings. The van der Waals surface area contributed by atoms with Gasteiger partial charge in [-0.15, -0.1) is 0 Å². The molecule has 1 heterocycles. The van der Waals surface area contributed by atoms with E-state index in [2.05, 4.69) is 10.3 Å². The first-order valence-electron chi connectivity index (χ1n) is 6.04. The Morgan fingerprint density at radius 3 is 2.84 bits per heavy atom. The number of nitrogens with one attached hydrogen (secondary N) is 2. The lowest BCUT2D eigenvalue weighted by Crippen LogP contribution is -2.28. The van der Waals surface area contributed by atoms with Crippen molar-refractivity contribution in [2.24, 2.45) is 0 Å². The monoisotopic (exact) mass is 278 g/mol. The average Bonchev–Trinajstić information content (AvgIpc) is 2.92. The molecule has 0 aliphatic rings. The van der Waals surface area contributed by atoms with Crippen molar-refractivity contribution in [3.8, 4) is 5.75 Å². The fourth-order valence-electron chi connectivity index (χ4n) is 1.85. The summed E-state index contributed by atoms with van der Waals surface area (Å²) in [6.45, 7) is 2.00. The number of hydrogen-bond donors (Lipinski definition) is 3. The van der Waals surface area contributed by atoms with E-state index in [1.54, 1.807) is 0 Å². The van der Waals surface area contributed by atoms with E-state index in [0.29, 0.717) is 5.56 Å². The van der Waals surface area contributed by atoms with Crippen LogP contribution in [0.1, 0.15) is 35.4 Å². The number of carbonyl (C=O) groups excluding carboxylic acids is 1. The van der Waals surface area contributed by atoms with Crippen molar-refractivity contribution in [2.75, 3.05) is 0 Å². The summed E-state index contributed by atoms with van der Waals surface area (Å²) in [5, 5.41) is 12.4. The van der Waals surface area contributed by atoms with Gasteiger partial charge < -0.3 is 15.4 Å². The number of carbonyl (C=O) groups is 1. The van der Waals surface area contributed by atoms with Gasteiger partial charge in [-0.3, -0.25) is 4.79 Å². The molecule has 100 valence electrons. The van der Waals surface area contributed by atoms with Crippen molar-refractivity contribution in [2.45, 2.75) is 19.4 Å². The molecular weight excluding hydrogens is 264 g/mol. The fourth-order valence-corrected chi connectivity index (χ4v) is 2.03. The Morgan fingerprint density at radius 2 is 2.26 bits per heavy atom. The van der Waals surface area contributed by atoms with Gasteiger partial charge in [0.25, 0.3) is 5.91 Å². The normalized spacial score (nSPS) is 12.1. The summed E-state index contributed by atoms with van der Waals surface area (Å²) in [6, 6.07) is 8.15. The van der Waals surface area contributed by atoms with E-state index in [-0.39, 0.29) is 22.7 Å². The van der Waals surface area contributed by atoms with Gasteiger partial charge in [-0.25, -0.2) is 0 Å². The molecule has 0 bridgehead atoms. The topological polar surface area (TPSA) is 65.1 Å². The first-order chi connectivity index (χ1) is 9.11. The van der Waals surface area contributed by atoms with E-state index >= 15 is 0 Å². The summed E-state index contributed by atoms with van der Waals surface area (Å²) in [4.78, 5) is 15.2. The van der Waals surface area contributed by atoms with Crippen LogP contribution in [-0.2, 0) is 0 Å². The van der Waals surface area contributed by atoms with Crippen molar-refractivity contribution < 1.29 is 9.90 Å². The Hall–Kier alpha value is -1.94. The number of aromatic hydroxyl groups is 1. The molecule has 2 aromatic rings. The van der Waals surface area contributed by atoms with Crippen LogP contribution in [0.5, 0.6) is 5.75 Å². The van der Waals surface area contributed by atoms with E-state index in [9.17, 15) is 9.90 Å². The van der Waals surface area contributed by atoms with Gasteiger partial charge in [0.15, 0.2) is 0 Å². The number of benzene rings is 1. The van der Waals surface area contributed by atoms with Crippen LogP contribution in [0.3, 0.4) is 0 Å². The number of phenolic OH excluding ortho intramolecular Hbond substituents is 1. The van der Waals surface area contributed by atoms with Gasteiger partial charge in [-0.05, 0) is 36.8 Å². The maximum atomic E-state index is 12.1. The van der Waals surface area contributed by atoms with Crippen LogP contribution in [0.25, 0.3) is 0 Å². The molecule has 0 spiro atoms. The first kappa shape index (κ1) is 13.5. The number of H-pyrrole nitrogens is 1. The smallest absolute Gasteiger partial charge is 0.251 e. The Balaban J connectivity index is 2.13. The van der Waals surface area contributed by atoms with Crippen LogP contribution in [-0.4, -0.2) is 16.0 Å². The highest BCUT2D eigenvalue weighted by Gasteiger charge is 2.15. The lowest BCUT2D eigenvalue weighted by atomic mass is 10.1. The van der Waals surface area contributed by atoms with Crippen LogP contribution < -0.4 is 5.32 Å². The predicted molar refractivity (Wildman–Crippen MR) is 74.4 cm³/mol. The number of hydrogen-bond acceptors (Lipinski definition) is 2. The van der Waals surface area contributed by atoms with Crippen molar-refractivity contribution in [1.82, 2.24) is 10.3 Å². The molecule has 0 radical (unpaired) electrons. The van der Waals surface area contributed by atoms with E-state index < -0.39 is 0 Å². The third kappa shape index (κ3) is 3.09. The van der Waals surface area contributed by atoms with Gasteiger partial charge in [0, 0.05) is 17.5 Å². The molecule has 1 aromatic carbocycles. The van der Waals surface area contributed by atoms with Gasteiger partial charge in [0.1, 0.15) is 5.75 Å². The molecule has 2 rings (SSSR count). The fraction of sp³-hybridized carbons (Fsp3) is 0.214. The molecule has 4 nitrogen and oxygen atoms in total. The number of halogens is 1. The van der Waals surface area contributed by atoms with Crippen molar-refractivity contribution in [1.29, 1.82) is 0 Å². The molecule has 1 aromatic heterocycles. The number of aromatic nitrogens is 1. The van der Waals surface area contributed by atoms with Crippen LogP contribution in [0.4, 0.5) is 0 Å². The minimum Gasteiger partial charge on any atom is -0.506 e. The molecule has 0 saturated carbocycles. The van der Waals surface area contributed by atoms with E-state index in [1.807, 2.05) is 25.3 Å². The Labute approximate surface area is 116 Å². The third-order valence-corrected chi connectivity index (χ3v) is 3.22. The minimum absolute atomic E-state index is 0.0328. The van der Waals surface area contributed by atoms with Gasteiger partial charge >= 0.3 is 0 Å². The van der Waals surface area contributed by atoms with Crippen LogP contribution in [0.15, 0.2) is 36.5 Å². The van der Waals surface area contributed by atoms with Gasteiger partial charge in [0.2, 0.25) is 0 Å². The minimum atomic E-state index is -0.219. The van der Waals surface area contributed by atoms with Crippen LogP contribution >= 0.6 is 11.6 Å². The van der Waals surface area contributed by atoms with Crippen molar-refractivity contribution in [3.63, 3.8) is 0 Å². The Kier molecular flexibility index (Phi) is 4.12. The number of rotatable bonds is 4. The third-order valence-electron chi connectivity index (χ3n) is 2.92. The molecular formula is C14H15ClN2O2. The zero-order valence-corrected chi connectivity index (χ0v) is 11.2. The van der Waals surface area contributed by atoms with E-state index in [0.717, 1.165) is 12.1 Å². The lowest BCUT2D eigenvalue weighted by Gasteiger charge is -2.16. The Bertz CT molecular complexity index is 567. The molecule has 19 heavy (non-hydrogen) atoms.